The highest BCUT2D eigenvalue weighted by atomic mass is 16.6. The van der Waals surface area contributed by atoms with Gasteiger partial charge in [-0.05, 0) is 55.6 Å². The van der Waals surface area contributed by atoms with Gasteiger partial charge in [-0.15, -0.1) is 0 Å². The Bertz CT molecular complexity index is 1160. The molecule has 0 spiro atoms. The third kappa shape index (κ3) is 5.58. The minimum absolute atomic E-state index is 0.0659. The molecular formula is C24H24N6O3. The summed E-state index contributed by atoms with van der Waals surface area (Å²) >= 11 is 0. The highest BCUT2D eigenvalue weighted by Gasteiger charge is 2.24. The molecule has 3 aromatic carbocycles. The Morgan fingerprint density at radius 3 is 2.18 bits per heavy atom. The van der Waals surface area contributed by atoms with E-state index in [-0.39, 0.29) is 11.3 Å². The van der Waals surface area contributed by atoms with Crippen LogP contribution in [0.15, 0.2) is 83.0 Å². The van der Waals surface area contributed by atoms with E-state index in [0.29, 0.717) is 30.2 Å². The predicted molar refractivity (Wildman–Crippen MR) is 128 cm³/mol. The van der Waals surface area contributed by atoms with E-state index in [9.17, 15) is 14.9 Å². The van der Waals surface area contributed by atoms with Gasteiger partial charge < -0.3 is 15.1 Å². The van der Waals surface area contributed by atoms with Crippen LogP contribution in [0.1, 0.15) is 10.4 Å². The van der Waals surface area contributed by atoms with Crippen molar-refractivity contribution in [1.29, 1.82) is 0 Å². The number of nitro benzene ring substituents is 1. The van der Waals surface area contributed by atoms with E-state index in [1.807, 2.05) is 42.3 Å². The fraction of sp³-hybridized carbons (Fsp3) is 0.208. The van der Waals surface area contributed by atoms with E-state index in [1.54, 1.807) is 36.4 Å². The molecule has 3 aromatic rings. The zero-order chi connectivity index (χ0) is 23.2. The van der Waals surface area contributed by atoms with E-state index in [1.165, 1.54) is 6.07 Å². The van der Waals surface area contributed by atoms with Gasteiger partial charge in [-0.1, -0.05) is 18.2 Å². The summed E-state index contributed by atoms with van der Waals surface area (Å²) in [6, 6.07) is 20.9. The Kier molecular flexibility index (Phi) is 6.70. The number of carbonyl (C=O) groups is 1. The van der Waals surface area contributed by atoms with Gasteiger partial charge in [0.25, 0.3) is 11.6 Å². The molecule has 9 nitrogen and oxygen atoms in total. The Balaban J connectivity index is 1.45. The highest BCUT2D eigenvalue weighted by Crippen LogP contribution is 2.30. The summed E-state index contributed by atoms with van der Waals surface area (Å²) in [5.74, 6) is -0.415. The lowest BCUT2D eigenvalue weighted by Crippen LogP contribution is -2.44. The monoisotopic (exact) mass is 444 g/mol. The lowest BCUT2D eigenvalue weighted by atomic mass is 10.1. The number of likely N-dealkylation sites (N-methyl/N-ethyl adjacent to an activating group) is 1. The van der Waals surface area contributed by atoms with E-state index in [4.69, 9.17) is 0 Å². The van der Waals surface area contributed by atoms with Gasteiger partial charge in [-0.2, -0.15) is 10.2 Å². The van der Waals surface area contributed by atoms with Crippen molar-refractivity contribution >= 4 is 34.3 Å². The van der Waals surface area contributed by atoms with Crippen molar-refractivity contribution in [2.24, 2.45) is 10.2 Å². The molecule has 0 saturated carbocycles. The number of amides is 1. The SMILES string of the molecule is CN1CCN(c2ccc(C(=O)Nc3ccc(N=Nc4ccccc4)cc3)cc2[N+](=O)[O-])CC1. The molecule has 0 unspecified atom stereocenters. The second kappa shape index (κ2) is 10.0. The first-order valence-electron chi connectivity index (χ1n) is 10.6. The van der Waals surface area contributed by atoms with Crippen LogP contribution in [-0.2, 0) is 0 Å². The van der Waals surface area contributed by atoms with Gasteiger partial charge in [0.05, 0.1) is 16.3 Å². The molecule has 1 amide bonds. The number of nitrogens with one attached hydrogen (secondary N) is 1. The van der Waals surface area contributed by atoms with Gasteiger partial charge in [0.15, 0.2) is 0 Å². The van der Waals surface area contributed by atoms with Gasteiger partial charge in [0.1, 0.15) is 5.69 Å². The zero-order valence-electron chi connectivity index (χ0n) is 18.2. The molecular weight excluding hydrogens is 420 g/mol. The standard InChI is InChI=1S/C24H24N6O3/c1-28-13-15-29(16-14-28)22-12-7-18(17-23(22)30(32)33)24(31)25-19-8-10-21(11-9-19)27-26-20-5-3-2-4-6-20/h2-12,17H,13-16H2,1H3,(H,25,31). The summed E-state index contributed by atoms with van der Waals surface area (Å²) in [7, 11) is 2.03. The first-order valence-corrected chi connectivity index (χ1v) is 10.6. The molecule has 0 bridgehead atoms. The highest BCUT2D eigenvalue weighted by molar-refractivity contribution is 6.05. The number of hydrogen-bond donors (Lipinski definition) is 1. The average molecular weight is 444 g/mol. The van der Waals surface area contributed by atoms with Crippen molar-refractivity contribution in [2.75, 3.05) is 43.4 Å². The maximum atomic E-state index is 12.7. The van der Waals surface area contributed by atoms with Gasteiger partial charge in [0, 0.05) is 43.5 Å². The molecule has 1 aliphatic heterocycles. The Hall–Kier alpha value is -4.11. The lowest BCUT2D eigenvalue weighted by molar-refractivity contribution is -0.384. The molecule has 0 aliphatic carbocycles. The normalized spacial score (nSPS) is 14.4. The third-order valence-electron chi connectivity index (χ3n) is 5.44. The number of anilines is 2. The number of hydrogen-bond acceptors (Lipinski definition) is 7. The molecule has 1 saturated heterocycles. The Morgan fingerprint density at radius 1 is 0.909 bits per heavy atom. The number of azo groups is 1. The van der Waals surface area contributed by atoms with Gasteiger partial charge in [-0.25, -0.2) is 0 Å². The minimum Gasteiger partial charge on any atom is -0.363 e. The fourth-order valence-corrected chi connectivity index (χ4v) is 3.55. The second-order valence-electron chi connectivity index (χ2n) is 7.79. The van der Waals surface area contributed by atoms with Crippen molar-refractivity contribution in [1.82, 2.24) is 4.90 Å². The number of carbonyl (C=O) groups excluding carboxylic acids is 1. The largest absolute Gasteiger partial charge is 0.363 e. The van der Waals surface area contributed by atoms with Crippen LogP contribution < -0.4 is 10.2 Å². The number of nitro groups is 1. The Labute approximate surface area is 191 Å². The first kappa shape index (κ1) is 22.1. The summed E-state index contributed by atoms with van der Waals surface area (Å²) in [6.07, 6.45) is 0. The zero-order valence-corrected chi connectivity index (χ0v) is 18.2. The molecule has 33 heavy (non-hydrogen) atoms. The number of rotatable bonds is 6. The predicted octanol–water partition coefficient (Wildman–Crippen LogP) is 5.01. The molecule has 0 atom stereocenters. The van der Waals surface area contributed by atoms with Crippen molar-refractivity contribution in [3.63, 3.8) is 0 Å². The van der Waals surface area contributed by atoms with E-state index >= 15 is 0 Å². The molecule has 4 rings (SSSR count). The van der Waals surface area contributed by atoms with Crippen molar-refractivity contribution in [3.8, 4) is 0 Å². The molecule has 1 aliphatic rings. The van der Waals surface area contributed by atoms with E-state index in [2.05, 4.69) is 20.4 Å². The molecule has 9 heteroatoms. The van der Waals surface area contributed by atoms with Crippen LogP contribution in [0.5, 0.6) is 0 Å². The smallest absolute Gasteiger partial charge is 0.293 e. The molecule has 1 fully saturated rings. The maximum absolute atomic E-state index is 12.7. The van der Waals surface area contributed by atoms with Crippen LogP contribution in [0, 0.1) is 10.1 Å². The summed E-state index contributed by atoms with van der Waals surface area (Å²) in [5.41, 5.74) is 2.65. The first-order chi connectivity index (χ1) is 16.0. The number of piperazine rings is 1. The third-order valence-corrected chi connectivity index (χ3v) is 5.44. The van der Waals surface area contributed by atoms with Crippen LogP contribution >= 0.6 is 0 Å². The molecule has 168 valence electrons. The van der Waals surface area contributed by atoms with Gasteiger partial charge in [0.2, 0.25) is 0 Å². The van der Waals surface area contributed by atoms with Crippen LogP contribution in [0.2, 0.25) is 0 Å². The summed E-state index contributed by atoms with van der Waals surface area (Å²) in [4.78, 5) is 28.1. The minimum atomic E-state index is -0.434. The topological polar surface area (TPSA) is 103 Å². The van der Waals surface area contributed by atoms with Crippen molar-refractivity contribution < 1.29 is 9.72 Å². The second-order valence-corrected chi connectivity index (χ2v) is 7.79. The molecule has 0 radical (unpaired) electrons. The molecule has 1 heterocycles. The Morgan fingerprint density at radius 2 is 1.55 bits per heavy atom. The van der Waals surface area contributed by atoms with Crippen LogP contribution in [-0.4, -0.2) is 49.0 Å². The number of nitrogens with zero attached hydrogens (tertiary/aromatic N) is 5. The maximum Gasteiger partial charge on any atom is 0.293 e. The average Bonchev–Trinajstić information content (AvgIpc) is 2.84. The summed E-state index contributed by atoms with van der Waals surface area (Å²) in [6.45, 7) is 3.08. The van der Waals surface area contributed by atoms with Crippen LogP contribution in [0.4, 0.5) is 28.4 Å². The quantitative estimate of drug-likeness (QED) is 0.327. The molecule has 0 aromatic heterocycles. The van der Waals surface area contributed by atoms with Crippen LogP contribution in [0.25, 0.3) is 0 Å². The van der Waals surface area contributed by atoms with Gasteiger partial charge >= 0.3 is 0 Å². The number of benzene rings is 3. The lowest BCUT2D eigenvalue weighted by Gasteiger charge is -2.33. The van der Waals surface area contributed by atoms with E-state index in [0.717, 1.165) is 18.8 Å². The van der Waals surface area contributed by atoms with E-state index < -0.39 is 10.8 Å². The summed E-state index contributed by atoms with van der Waals surface area (Å²) < 4.78 is 0. The van der Waals surface area contributed by atoms with Crippen LogP contribution in [0.3, 0.4) is 0 Å². The van der Waals surface area contributed by atoms with Crippen molar-refractivity contribution in [3.05, 3.63) is 88.5 Å². The van der Waals surface area contributed by atoms with Crippen molar-refractivity contribution in [2.45, 2.75) is 0 Å². The summed E-state index contributed by atoms with van der Waals surface area (Å²) in [5, 5.41) is 22.8. The van der Waals surface area contributed by atoms with Gasteiger partial charge in [-0.3, -0.25) is 14.9 Å². The molecule has 1 N–H and O–H groups in total. The fourth-order valence-electron chi connectivity index (χ4n) is 3.55.